The lowest BCUT2D eigenvalue weighted by molar-refractivity contribution is 0.478. The monoisotopic (exact) mass is 228 g/mol. The summed E-state index contributed by atoms with van der Waals surface area (Å²) in [6.07, 6.45) is 5.89. The molecule has 2 N–H and O–H groups in total. The lowest BCUT2D eigenvalue weighted by Crippen LogP contribution is -2.38. The highest BCUT2D eigenvalue weighted by Gasteiger charge is 2.13. The SMILES string of the molecule is Cc1nccnc1N[C@H]1CCCNC1.Cl. The minimum atomic E-state index is 0. The van der Waals surface area contributed by atoms with Crippen molar-refractivity contribution in [3.05, 3.63) is 18.1 Å². The van der Waals surface area contributed by atoms with E-state index in [1.165, 1.54) is 12.8 Å². The first-order valence-electron chi connectivity index (χ1n) is 5.11. The Morgan fingerprint density at radius 1 is 1.40 bits per heavy atom. The van der Waals surface area contributed by atoms with Crippen molar-refractivity contribution < 1.29 is 0 Å². The Hall–Kier alpha value is -0.870. The zero-order valence-electron chi connectivity index (χ0n) is 8.86. The van der Waals surface area contributed by atoms with Gasteiger partial charge in [-0.3, -0.25) is 4.98 Å². The van der Waals surface area contributed by atoms with Gasteiger partial charge in [-0.2, -0.15) is 0 Å². The highest BCUT2D eigenvalue weighted by Crippen LogP contribution is 2.11. The summed E-state index contributed by atoms with van der Waals surface area (Å²) in [4.78, 5) is 8.47. The van der Waals surface area contributed by atoms with E-state index in [0.29, 0.717) is 6.04 Å². The average molecular weight is 229 g/mol. The molecule has 0 saturated carbocycles. The molecule has 0 amide bonds. The third kappa shape index (κ3) is 3.32. The van der Waals surface area contributed by atoms with Gasteiger partial charge >= 0.3 is 0 Å². The van der Waals surface area contributed by atoms with Crippen molar-refractivity contribution in [2.75, 3.05) is 18.4 Å². The molecule has 84 valence electrons. The normalized spacial score (nSPS) is 20.5. The van der Waals surface area contributed by atoms with Crippen LogP contribution >= 0.6 is 12.4 Å². The van der Waals surface area contributed by atoms with Crippen LogP contribution in [0.15, 0.2) is 12.4 Å². The largest absolute Gasteiger partial charge is 0.365 e. The molecule has 1 fully saturated rings. The zero-order valence-corrected chi connectivity index (χ0v) is 9.68. The maximum Gasteiger partial charge on any atom is 0.147 e. The van der Waals surface area contributed by atoms with Gasteiger partial charge < -0.3 is 10.6 Å². The molecule has 1 aromatic rings. The summed E-state index contributed by atoms with van der Waals surface area (Å²) in [6, 6.07) is 0.499. The Labute approximate surface area is 96.3 Å². The summed E-state index contributed by atoms with van der Waals surface area (Å²) in [6.45, 7) is 4.14. The highest BCUT2D eigenvalue weighted by atomic mass is 35.5. The van der Waals surface area contributed by atoms with Crippen molar-refractivity contribution in [2.45, 2.75) is 25.8 Å². The highest BCUT2D eigenvalue weighted by molar-refractivity contribution is 5.85. The molecule has 0 bridgehead atoms. The van der Waals surface area contributed by atoms with Crippen LogP contribution in [0.4, 0.5) is 5.82 Å². The maximum atomic E-state index is 4.27. The third-order valence-electron chi connectivity index (χ3n) is 2.52. The summed E-state index contributed by atoms with van der Waals surface area (Å²) >= 11 is 0. The predicted octanol–water partition coefficient (Wildman–Crippen LogP) is 1.37. The molecule has 1 aliphatic rings. The van der Waals surface area contributed by atoms with Crippen LogP contribution in [0.3, 0.4) is 0 Å². The van der Waals surface area contributed by atoms with Gasteiger partial charge in [0.05, 0.1) is 5.69 Å². The van der Waals surface area contributed by atoms with Gasteiger partial charge in [0.15, 0.2) is 0 Å². The van der Waals surface area contributed by atoms with Crippen LogP contribution < -0.4 is 10.6 Å². The molecule has 2 heterocycles. The molecule has 2 rings (SSSR count). The van der Waals surface area contributed by atoms with Gasteiger partial charge in [0.2, 0.25) is 0 Å². The number of hydrogen-bond acceptors (Lipinski definition) is 4. The molecule has 15 heavy (non-hydrogen) atoms. The van der Waals surface area contributed by atoms with Gasteiger partial charge in [-0.25, -0.2) is 4.98 Å². The molecule has 4 nitrogen and oxygen atoms in total. The molecule has 1 aliphatic heterocycles. The van der Waals surface area contributed by atoms with E-state index in [4.69, 9.17) is 0 Å². The van der Waals surface area contributed by atoms with E-state index < -0.39 is 0 Å². The number of aryl methyl sites for hydroxylation is 1. The summed E-state index contributed by atoms with van der Waals surface area (Å²) in [5.41, 5.74) is 0.970. The molecule has 5 heteroatoms. The van der Waals surface area contributed by atoms with Crippen LogP contribution in [0.5, 0.6) is 0 Å². The fourth-order valence-electron chi connectivity index (χ4n) is 1.72. The van der Waals surface area contributed by atoms with Crippen LogP contribution in [0, 0.1) is 6.92 Å². The number of piperidine rings is 1. The number of hydrogen-bond donors (Lipinski definition) is 2. The van der Waals surface area contributed by atoms with E-state index in [1.54, 1.807) is 12.4 Å². The second-order valence-electron chi connectivity index (χ2n) is 3.68. The summed E-state index contributed by atoms with van der Waals surface area (Å²) in [5, 5.41) is 6.78. The fourth-order valence-corrected chi connectivity index (χ4v) is 1.72. The van der Waals surface area contributed by atoms with Crippen molar-refractivity contribution in [3.8, 4) is 0 Å². The van der Waals surface area contributed by atoms with Crippen LogP contribution in [-0.2, 0) is 0 Å². The zero-order chi connectivity index (χ0) is 9.80. The van der Waals surface area contributed by atoms with Crippen LogP contribution in [0.1, 0.15) is 18.5 Å². The van der Waals surface area contributed by atoms with Crippen molar-refractivity contribution >= 4 is 18.2 Å². The molecular formula is C10H17ClN4. The predicted molar refractivity (Wildman–Crippen MR) is 63.5 cm³/mol. The third-order valence-corrected chi connectivity index (χ3v) is 2.52. The van der Waals surface area contributed by atoms with E-state index in [1.807, 2.05) is 6.92 Å². The number of anilines is 1. The smallest absolute Gasteiger partial charge is 0.147 e. The van der Waals surface area contributed by atoms with Gasteiger partial charge in [0.25, 0.3) is 0 Å². The molecule has 0 spiro atoms. The van der Waals surface area contributed by atoms with Gasteiger partial charge in [-0.05, 0) is 26.3 Å². The second-order valence-corrected chi connectivity index (χ2v) is 3.68. The number of aromatic nitrogens is 2. The first-order valence-corrected chi connectivity index (χ1v) is 5.11. The minimum absolute atomic E-state index is 0. The molecule has 0 unspecified atom stereocenters. The molecule has 0 radical (unpaired) electrons. The Morgan fingerprint density at radius 2 is 2.20 bits per heavy atom. The molecule has 0 aromatic carbocycles. The maximum absolute atomic E-state index is 4.27. The molecule has 1 saturated heterocycles. The van der Waals surface area contributed by atoms with Crippen molar-refractivity contribution in [3.63, 3.8) is 0 Å². The fraction of sp³-hybridized carbons (Fsp3) is 0.600. The topological polar surface area (TPSA) is 49.8 Å². The summed E-state index contributed by atoms with van der Waals surface area (Å²) in [5.74, 6) is 0.918. The molecule has 1 atom stereocenters. The lowest BCUT2D eigenvalue weighted by atomic mass is 10.1. The molecular weight excluding hydrogens is 212 g/mol. The van der Waals surface area contributed by atoms with E-state index >= 15 is 0 Å². The lowest BCUT2D eigenvalue weighted by Gasteiger charge is -2.24. The van der Waals surface area contributed by atoms with Crippen molar-refractivity contribution in [1.82, 2.24) is 15.3 Å². The van der Waals surface area contributed by atoms with Crippen LogP contribution in [0.2, 0.25) is 0 Å². The van der Waals surface area contributed by atoms with Gasteiger partial charge in [-0.15, -0.1) is 12.4 Å². The standard InChI is InChI=1S/C10H16N4.ClH/c1-8-10(13-6-5-12-8)14-9-3-2-4-11-7-9;/h5-6,9,11H,2-4,7H2,1H3,(H,13,14);1H/t9-;/m0./s1. The first-order chi connectivity index (χ1) is 6.86. The van der Waals surface area contributed by atoms with Crippen molar-refractivity contribution in [1.29, 1.82) is 0 Å². The van der Waals surface area contributed by atoms with E-state index in [-0.39, 0.29) is 12.4 Å². The second kappa shape index (κ2) is 5.88. The quantitative estimate of drug-likeness (QED) is 0.803. The number of nitrogens with zero attached hydrogens (tertiary/aromatic N) is 2. The molecule has 1 aromatic heterocycles. The van der Waals surface area contributed by atoms with E-state index in [9.17, 15) is 0 Å². The Kier molecular flexibility index (Phi) is 4.78. The van der Waals surface area contributed by atoms with Crippen LogP contribution in [-0.4, -0.2) is 29.1 Å². The Bertz CT molecular complexity index is 299. The molecule has 0 aliphatic carbocycles. The van der Waals surface area contributed by atoms with E-state index in [0.717, 1.165) is 24.6 Å². The van der Waals surface area contributed by atoms with Crippen LogP contribution in [0.25, 0.3) is 0 Å². The first kappa shape index (κ1) is 12.2. The van der Waals surface area contributed by atoms with Gasteiger partial charge in [0.1, 0.15) is 5.82 Å². The number of rotatable bonds is 2. The Morgan fingerprint density at radius 3 is 2.87 bits per heavy atom. The number of halogens is 1. The summed E-state index contributed by atoms with van der Waals surface area (Å²) in [7, 11) is 0. The average Bonchev–Trinajstić information content (AvgIpc) is 2.23. The Balaban J connectivity index is 0.00000112. The van der Waals surface area contributed by atoms with E-state index in [2.05, 4.69) is 20.6 Å². The number of nitrogens with one attached hydrogen (secondary N) is 2. The van der Waals surface area contributed by atoms with Gasteiger partial charge in [0, 0.05) is 25.0 Å². The minimum Gasteiger partial charge on any atom is -0.365 e. The summed E-state index contributed by atoms with van der Waals surface area (Å²) < 4.78 is 0. The van der Waals surface area contributed by atoms with Gasteiger partial charge in [-0.1, -0.05) is 0 Å². The van der Waals surface area contributed by atoms with Crippen molar-refractivity contribution in [2.24, 2.45) is 0 Å².